The molecule has 0 saturated carbocycles. The number of nitrogens with zero attached hydrogens (tertiary/aromatic N) is 1. The molecule has 1 aromatic rings. The minimum Gasteiger partial charge on any atom is -0.487 e. The van der Waals surface area contributed by atoms with E-state index in [0.29, 0.717) is 0 Å². The van der Waals surface area contributed by atoms with E-state index >= 15 is 0 Å². The van der Waals surface area contributed by atoms with Gasteiger partial charge in [0, 0.05) is 5.69 Å². The minimum atomic E-state index is -4.23. The first-order valence-electron chi connectivity index (χ1n) is 4.45. The van der Waals surface area contributed by atoms with Crippen LogP contribution < -0.4 is 10.5 Å². The van der Waals surface area contributed by atoms with Gasteiger partial charge in [-0.15, -0.1) is 0 Å². The molecule has 0 radical (unpaired) electrons. The molecule has 0 amide bonds. The van der Waals surface area contributed by atoms with E-state index in [1.807, 2.05) is 0 Å². The Balaban J connectivity index is 2.74. The fourth-order valence-electron chi connectivity index (χ4n) is 0.965. The highest BCUT2D eigenvalue weighted by Crippen LogP contribution is 2.25. The summed E-state index contributed by atoms with van der Waals surface area (Å²) in [5.74, 6) is -4.34. The van der Waals surface area contributed by atoms with E-state index in [0.717, 1.165) is 6.07 Å². The smallest absolute Gasteiger partial charge is 0.340 e. The van der Waals surface area contributed by atoms with Crippen LogP contribution in [0.5, 0.6) is 5.75 Å². The maximum atomic E-state index is 12.5. The first-order valence-corrected chi connectivity index (χ1v) is 4.45. The van der Waals surface area contributed by atoms with Crippen LogP contribution >= 0.6 is 0 Å². The van der Waals surface area contributed by atoms with Crippen LogP contribution in [0.25, 0.3) is 0 Å². The van der Waals surface area contributed by atoms with E-state index < -0.39 is 19.0 Å². The fraction of sp³-hybridized carbons (Fsp3) is 0.300. The number of hydrogen-bond acceptors (Lipinski definition) is 3. The van der Waals surface area contributed by atoms with Gasteiger partial charge in [0.15, 0.2) is 6.61 Å². The molecule has 0 saturated heterocycles. The molecule has 1 aromatic carbocycles. The van der Waals surface area contributed by atoms with Gasteiger partial charge in [0.2, 0.25) is 0 Å². The molecule has 0 heterocycles. The zero-order valence-electron chi connectivity index (χ0n) is 8.46. The van der Waals surface area contributed by atoms with Crippen LogP contribution in [0.1, 0.15) is 5.56 Å². The molecule has 0 unspecified atom stereocenters. The summed E-state index contributed by atoms with van der Waals surface area (Å²) in [5.41, 5.74) is 5.57. The topological polar surface area (TPSA) is 59.0 Å². The van der Waals surface area contributed by atoms with Crippen molar-refractivity contribution in [2.45, 2.75) is 12.3 Å². The van der Waals surface area contributed by atoms with E-state index in [2.05, 4.69) is 4.74 Å². The number of anilines is 1. The number of benzene rings is 1. The third-order valence-electron chi connectivity index (χ3n) is 1.90. The Hall–Kier alpha value is -1.97. The van der Waals surface area contributed by atoms with E-state index in [-0.39, 0.29) is 17.0 Å². The molecule has 0 spiro atoms. The van der Waals surface area contributed by atoms with Gasteiger partial charge >= 0.3 is 12.3 Å². The van der Waals surface area contributed by atoms with Crippen molar-refractivity contribution in [2.75, 3.05) is 12.3 Å². The molecule has 17 heavy (non-hydrogen) atoms. The highest BCUT2D eigenvalue weighted by Gasteiger charge is 2.41. The van der Waals surface area contributed by atoms with E-state index in [1.165, 1.54) is 12.1 Å². The lowest BCUT2D eigenvalue weighted by atomic mass is 10.2. The molecule has 0 bridgehead atoms. The van der Waals surface area contributed by atoms with Gasteiger partial charge in [0.1, 0.15) is 11.8 Å². The van der Waals surface area contributed by atoms with Gasteiger partial charge in [0.25, 0.3) is 0 Å². The minimum absolute atomic E-state index is 0.0304. The third kappa shape index (κ3) is 3.24. The summed E-state index contributed by atoms with van der Waals surface area (Å²) >= 11 is 0. The van der Waals surface area contributed by atoms with Crippen molar-refractivity contribution in [1.82, 2.24) is 0 Å². The highest BCUT2D eigenvalue weighted by atomic mass is 19.3. The molecule has 0 fully saturated rings. The second-order valence-corrected chi connectivity index (χ2v) is 3.21. The molecule has 0 aliphatic rings. The predicted octanol–water partition coefficient (Wildman–Crippen LogP) is 2.42. The maximum absolute atomic E-state index is 12.5. The van der Waals surface area contributed by atoms with Gasteiger partial charge in [-0.2, -0.15) is 14.0 Å². The highest BCUT2D eigenvalue weighted by molar-refractivity contribution is 5.56. The fourth-order valence-corrected chi connectivity index (χ4v) is 0.965. The number of nitrogens with two attached hydrogens (primary N) is 1. The molecular formula is C10H8F4N2O. The van der Waals surface area contributed by atoms with Crippen LogP contribution in [0.2, 0.25) is 0 Å². The van der Waals surface area contributed by atoms with Crippen molar-refractivity contribution >= 4 is 5.69 Å². The average molecular weight is 248 g/mol. The van der Waals surface area contributed by atoms with Crippen molar-refractivity contribution < 1.29 is 22.3 Å². The molecule has 0 atom stereocenters. The van der Waals surface area contributed by atoms with E-state index in [4.69, 9.17) is 11.0 Å². The SMILES string of the molecule is N#Cc1cc(OCC(F)(F)C(F)F)ccc1N. The molecule has 0 aromatic heterocycles. The Bertz CT molecular complexity index is 442. The van der Waals surface area contributed by atoms with Crippen LogP contribution in [-0.2, 0) is 0 Å². The Morgan fingerprint density at radius 1 is 1.41 bits per heavy atom. The van der Waals surface area contributed by atoms with Crippen molar-refractivity contribution in [3.05, 3.63) is 23.8 Å². The van der Waals surface area contributed by atoms with Crippen LogP contribution in [0.3, 0.4) is 0 Å². The number of alkyl halides is 4. The van der Waals surface area contributed by atoms with E-state index in [1.54, 1.807) is 6.07 Å². The summed E-state index contributed by atoms with van der Waals surface area (Å²) in [7, 11) is 0. The summed E-state index contributed by atoms with van der Waals surface area (Å²) in [6, 6.07) is 5.32. The number of nitrogen functional groups attached to an aromatic ring is 1. The second kappa shape index (κ2) is 4.91. The predicted molar refractivity (Wildman–Crippen MR) is 52.0 cm³/mol. The Morgan fingerprint density at radius 2 is 2.06 bits per heavy atom. The van der Waals surface area contributed by atoms with Crippen LogP contribution in [0.15, 0.2) is 18.2 Å². The van der Waals surface area contributed by atoms with Crippen molar-refractivity contribution in [3.8, 4) is 11.8 Å². The van der Waals surface area contributed by atoms with Gasteiger partial charge in [-0.05, 0) is 18.2 Å². The lowest BCUT2D eigenvalue weighted by molar-refractivity contribution is -0.148. The number of rotatable bonds is 4. The molecule has 0 aliphatic heterocycles. The number of hydrogen-bond donors (Lipinski definition) is 1. The Labute approximate surface area is 94.4 Å². The van der Waals surface area contributed by atoms with Gasteiger partial charge in [-0.1, -0.05) is 0 Å². The Morgan fingerprint density at radius 3 is 2.59 bits per heavy atom. The summed E-state index contributed by atoms with van der Waals surface area (Å²) in [4.78, 5) is 0. The first-order chi connectivity index (χ1) is 7.86. The second-order valence-electron chi connectivity index (χ2n) is 3.21. The summed E-state index contributed by atoms with van der Waals surface area (Å²) in [6.07, 6.45) is -3.80. The van der Waals surface area contributed by atoms with Crippen molar-refractivity contribution in [2.24, 2.45) is 0 Å². The lowest BCUT2D eigenvalue weighted by Gasteiger charge is -2.16. The molecular weight excluding hydrogens is 240 g/mol. The first kappa shape index (κ1) is 13.1. The molecule has 7 heteroatoms. The molecule has 2 N–H and O–H groups in total. The molecule has 92 valence electrons. The zero-order valence-corrected chi connectivity index (χ0v) is 8.46. The van der Waals surface area contributed by atoms with Gasteiger partial charge in [0.05, 0.1) is 5.56 Å². The molecule has 3 nitrogen and oxygen atoms in total. The summed E-state index contributed by atoms with van der Waals surface area (Å²) in [5, 5.41) is 8.61. The van der Waals surface area contributed by atoms with Gasteiger partial charge in [-0.3, -0.25) is 0 Å². The summed E-state index contributed by atoms with van der Waals surface area (Å²) in [6.45, 7) is -1.46. The molecule has 1 rings (SSSR count). The third-order valence-corrected chi connectivity index (χ3v) is 1.90. The van der Waals surface area contributed by atoms with Crippen LogP contribution in [0.4, 0.5) is 23.2 Å². The quantitative estimate of drug-likeness (QED) is 0.657. The van der Waals surface area contributed by atoms with Crippen LogP contribution in [0, 0.1) is 11.3 Å². The lowest BCUT2D eigenvalue weighted by Crippen LogP contribution is -2.33. The average Bonchev–Trinajstić information content (AvgIpc) is 2.28. The zero-order chi connectivity index (χ0) is 13.1. The van der Waals surface area contributed by atoms with Crippen LogP contribution in [-0.4, -0.2) is 19.0 Å². The largest absolute Gasteiger partial charge is 0.487 e. The van der Waals surface area contributed by atoms with E-state index in [9.17, 15) is 17.6 Å². The van der Waals surface area contributed by atoms with Gasteiger partial charge < -0.3 is 10.5 Å². The van der Waals surface area contributed by atoms with Crippen molar-refractivity contribution in [1.29, 1.82) is 5.26 Å². The number of ether oxygens (including phenoxy) is 1. The monoisotopic (exact) mass is 248 g/mol. The molecule has 0 aliphatic carbocycles. The Kier molecular flexibility index (Phi) is 3.78. The van der Waals surface area contributed by atoms with Crippen molar-refractivity contribution in [3.63, 3.8) is 0 Å². The standard InChI is InChI=1S/C10H8F4N2O/c11-9(12)10(13,14)5-17-7-1-2-8(16)6(3-7)4-15/h1-3,9H,5,16H2. The maximum Gasteiger partial charge on any atom is 0.340 e. The summed E-state index contributed by atoms with van der Waals surface area (Å²) < 4.78 is 53.2. The number of nitriles is 1. The van der Waals surface area contributed by atoms with Gasteiger partial charge in [-0.25, -0.2) is 8.78 Å². The number of halogens is 4. The normalized spacial score (nSPS) is 11.3.